The lowest BCUT2D eigenvalue weighted by atomic mass is 10.1. The van der Waals surface area contributed by atoms with Crippen molar-refractivity contribution in [3.05, 3.63) is 29.6 Å². The van der Waals surface area contributed by atoms with Gasteiger partial charge in [-0.15, -0.1) is 0 Å². The molecule has 0 radical (unpaired) electrons. The van der Waals surface area contributed by atoms with Gasteiger partial charge in [-0.2, -0.15) is 0 Å². The van der Waals surface area contributed by atoms with Crippen molar-refractivity contribution >= 4 is 11.9 Å². The molecule has 1 atom stereocenters. The molecule has 6 heteroatoms. The van der Waals surface area contributed by atoms with E-state index >= 15 is 0 Å². The van der Waals surface area contributed by atoms with Crippen LogP contribution in [0.3, 0.4) is 0 Å². The average molecular weight is 196 g/mol. The van der Waals surface area contributed by atoms with Gasteiger partial charge in [0.2, 0.25) is 0 Å². The van der Waals surface area contributed by atoms with Crippen LogP contribution in [0.5, 0.6) is 0 Å². The molecule has 0 saturated heterocycles. The topological polar surface area (TPSA) is 114 Å². The van der Waals surface area contributed by atoms with Crippen molar-refractivity contribution in [3.63, 3.8) is 0 Å². The van der Waals surface area contributed by atoms with Gasteiger partial charge in [0.25, 0.3) is 0 Å². The number of nitrogens with zero attached hydrogens (tertiary/aromatic N) is 1. The Balaban J connectivity index is 2.94. The first-order valence-electron chi connectivity index (χ1n) is 3.70. The summed E-state index contributed by atoms with van der Waals surface area (Å²) >= 11 is 0. The van der Waals surface area contributed by atoms with E-state index < -0.39 is 18.0 Å². The lowest BCUT2D eigenvalue weighted by Gasteiger charge is -2.05. The molecule has 0 fully saturated rings. The minimum Gasteiger partial charge on any atom is -0.480 e. The first-order valence-corrected chi connectivity index (χ1v) is 3.70. The van der Waals surface area contributed by atoms with Gasteiger partial charge in [-0.1, -0.05) is 6.07 Å². The number of pyridine rings is 1. The molecule has 14 heavy (non-hydrogen) atoms. The zero-order valence-corrected chi connectivity index (χ0v) is 7.04. The fourth-order valence-corrected chi connectivity index (χ4v) is 0.858. The van der Waals surface area contributed by atoms with Crippen molar-refractivity contribution in [1.29, 1.82) is 0 Å². The molecule has 0 unspecified atom stereocenters. The molecule has 0 saturated carbocycles. The van der Waals surface area contributed by atoms with Crippen LogP contribution in [0, 0.1) is 0 Å². The maximum absolute atomic E-state index is 10.4. The van der Waals surface area contributed by atoms with Crippen LogP contribution >= 0.6 is 0 Å². The van der Waals surface area contributed by atoms with E-state index in [9.17, 15) is 9.59 Å². The van der Waals surface area contributed by atoms with Crippen LogP contribution in [0.25, 0.3) is 0 Å². The van der Waals surface area contributed by atoms with Gasteiger partial charge in [-0.25, -0.2) is 9.78 Å². The second kappa shape index (κ2) is 3.84. The molecule has 0 aliphatic carbocycles. The van der Waals surface area contributed by atoms with Crippen LogP contribution in [-0.2, 0) is 4.79 Å². The fraction of sp³-hybridized carbons (Fsp3) is 0.125. The van der Waals surface area contributed by atoms with Crippen LogP contribution in [0.4, 0.5) is 0 Å². The van der Waals surface area contributed by atoms with E-state index in [0.29, 0.717) is 0 Å². The minimum absolute atomic E-state index is 0.147. The van der Waals surface area contributed by atoms with Crippen molar-refractivity contribution in [2.45, 2.75) is 6.04 Å². The van der Waals surface area contributed by atoms with E-state index in [1.165, 1.54) is 12.1 Å². The molecular formula is C8H8N2O4. The Hall–Kier alpha value is -1.95. The molecule has 74 valence electrons. The molecule has 1 rings (SSSR count). The summed E-state index contributed by atoms with van der Waals surface area (Å²) in [6, 6.07) is 1.36. The highest BCUT2D eigenvalue weighted by atomic mass is 16.4. The smallest absolute Gasteiger partial charge is 0.354 e. The molecular weight excluding hydrogens is 188 g/mol. The Bertz CT molecular complexity index is 360. The van der Waals surface area contributed by atoms with Gasteiger partial charge >= 0.3 is 11.9 Å². The number of carboxylic acids is 2. The summed E-state index contributed by atoms with van der Waals surface area (Å²) in [7, 11) is 0. The lowest BCUT2D eigenvalue weighted by Crippen LogP contribution is -2.20. The van der Waals surface area contributed by atoms with Crippen molar-refractivity contribution in [1.82, 2.24) is 4.98 Å². The number of hydrogen-bond acceptors (Lipinski definition) is 4. The SMILES string of the molecule is N[C@H](C(=O)O)c1ccc(C(=O)O)nc1. The summed E-state index contributed by atoms with van der Waals surface area (Å²) in [6.07, 6.45) is 1.14. The third-order valence-corrected chi connectivity index (χ3v) is 1.63. The molecule has 0 aromatic carbocycles. The molecule has 0 spiro atoms. The summed E-state index contributed by atoms with van der Waals surface area (Å²) in [6.45, 7) is 0. The summed E-state index contributed by atoms with van der Waals surface area (Å²) in [4.78, 5) is 24.4. The van der Waals surface area contributed by atoms with Crippen molar-refractivity contribution in [3.8, 4) is 0 Å². The Labute approximate surface area is 79.0 Å². The van der Waals surface area contributed by atoms with Gasteiger partial charge in [0, 0.05) is 6.20 Å². The Morgan fingerprint density at radius 2 is 2.00 bits per heavy atom. The van der Waals surface area contributed by atoms with Crippen LogP contribution in [0.2, 0.25) is 0 Å². The zero-order chi connectivity index (χ0) is 10.7. The third kappa shape index (κ3) is 2.05. The quantitative estimate of drug-likeness (QED) is 0.620. The number of aliphatic carboxylic acids is 1. The first kappa shape index (κ1) is 10.1. The normalized spacial score (nSPS) is 12.1. The molecule has 0 amide bonds. The van der Waals surface area contributed by atoms with Crippen LogP contribution < -0.4 is 5.73 Å². The van der Waals surface area contributed by atoms with Gasteiger partial charge in [0.15, 0.2) is 0 Å². The first-order chi connectivity index (χ1) is 6.52. The number of aromatic nitrogens is 1. The Morgan fingerprint density at radius 1 is 1.36 bits per heavy atom. The number of aromatic carboxylic acids is 1. The molecule has 0 aliphatic rings. The zero-order valence-electron chi connectivity index (χ0n) is 7.04. The van der Waals surface area contributed by atoms with E-state index in [2.05, 4.69) is 4.98 Å². The predicted octanol–water partition coefficient (Wildman–Crippen LogP) is -0.136. The second-order valence-corrected chi connectivity index (χ2v) is 2.60. The van der Waals surface area contributed by atoms with Gasteiger partial charge in [-0.05, 0) is 11.6 Å². The van der Waals surface area contributed by atoms with E-state index in [1.54, 1.807) is 0 Å². The Kier molecular flexibility index (Phi) is 2.78. The fourth-order valence-electron chi connectivity index (χ4n) is 0.858. The van der Waals surface area contributed by atoms with Gasteiger partial charge in [0.1, 0.15) is 11.7 Å². The summed E-state index contributed by atoms with van der Waals surface area (Å²) < 4.78 is 0. The summed E-state index contributed by atoms with van der Waals surface area (Å²) in [5.74, 6) is -2.35. The van der Waals surface area contributed by atoms with Crippen LogP contribution in [0.1, 0.15) is 22.1 Å². The van der Waals surface area contributed by atoms with Crippen molar-refractivity contribution in [2.75, 3.05) is 0 Å². The average Bonchev–Trinajstić information content (AvgIpc) is 2.16. The maximum Gasteiger partial charge on any atom is 0.354 e. The van der Waals surface area contributed by atoms with Crippen LogP contribution in [0.15, 0.2) is 18.3 Å². The number of nitrogens with two attached hydrogens (primary N) is 1. The number of carboxylic acid groups (broad SMARTS) is 2. The van der Waals surface area contributed by atoms with E-state index in [0.717, 1.165) is 6.20 Å². The predicted molar refractivity (Wildman–Crippen MR) is 45.8 cm³/mol. The number of hydrogen-bond donors (Lipinski definition) is 3. The van der Waals surface area contributed by atoms with E-state index in [4.69, 9.17) is 15.9 Å². The molecule has 0 bridgehead atoms. The standard InChI is InChI=1S/C8H8N2O4/c9-6(8(13)14)4-1-2-5(7(11)12)10-3-4/h1-3,6H,9H2,(H,11,12)(H,13,14)/t6-/m0/s1. The summed E-state index contributed by atoms with van der Waals surface area (Å²) in [5, 5.41) is 17.1. The van der Waals surface area contributed by atoms with Crippen molar-refractivity contribution in [2.24, 2.45) is 5.73 Å². The highest BCUT2D eigenvalue weighted by Gasteiger charge is 2.15. The van der Waals surface area contributed by atoms with Gasteiger partial charge < -0.3 is 15.9 Å². The molecule has 1 heterocycles. The molecule has 0 aliphatic heterocycles. The second-order valence-electron chi connectivity index (χ2n) is 2.60. The number of rotatable bonds is 3. The van der Waals surface area contributed by atoms with E-state index in [1.807, 2.05) is 0 Å². The van der Waals surface area contributed by atoms with Crippen LogP contribution in [-0.4, -0.2) is 27.1 Å². The Morgan fingerprint density at radius 3 is 2.36 bits per heavy atom. The molecule has 1 aromatic rings. The monoisotopic (exact) mass is 196 g/mol. The maximum atomic E-state index is 10.4. The summed E-state index contributed by atoms with van der Waals surface area (Å²) in [5.41, 5.74) is 5.40. The van der Waals surface area contributed by atoms with Gasteiger partial charge in [-0.3, -0.25) is 4.79 Å². The lowest BCUT2D eigenvalue weighted by molar-refractivity contribution is -0.138. The minimum atomic E-state index is -1.19. The largest absolute Gasteiger partial charge is 0.480 e. The highest BCUT2D eigenvalue weighted by molar-refractivity contribution is 5.85. The number of carbonyl (C=O) groups is 2. The highest BCUT2D eigenvalue weighted by Crippen LogP contribution is 2.09. The van der Waals surface area contributed by atoms with E-state index in [-0.39, 0.29) is 11.3 Å². The molecule has 6 nitrogen and oxygen atoms in total. The van der Waals surface area contributed by atoms with Crippen molar-refractivity contribution < 1.29 is 19.8 Å². The third-order valence-electron chi connectivity index (χ3n) is 1.63. The molecule has 4 N–H and O–H groups in total. The van der Waals surface area contributed by atoms with Gasteiger partial charge in [0.05, 0.1) is 0 Å². The molecule has 1 aromatic heterocycles.